The highest BCUT2D eigenvalue weighted by Gasteiger charge is 2.30. The van der Waals surface area contributed by atoms with Crippen molar-refractivity contribution >= 4 is 0 Å². The molecule has 2 atom stereocenters. The van der Waals surface area contributed by atoms with E-state index in [-0.39, 0.29) is 11.6 Å². The fraction of sp³-hybridized carbons (Fsp3) is 0.684. The van der Waals surface area contributed by atoms with Crippen molar-refractivity contribution in [3.05, 3.63) is 35.4 Å². The molecule has 2 unspecified atom stereocenters. The molecule has 1 aromatic carbocycles. The molecule has 3 rings (SSSR count). The molecule has 0 radical (unpaired) electrons. The predicted octanol–water partition coefficient (Wildman–Crippen LogP) is 4.42. The van der Waals surface area contributed by atoms with Crippen LogP contribution >= 0.6 is 0 Å². The molecule has 1 aromatic rings. The normalized spacial score (nSPS) is 26.8. The molecule has 1 heterocycles. The Hall–Kier alpha value is -0.860. The molecule has 0 aromatic heterocycles. The van der Waals surface area contributed by atoms with Gasteiger partial charge in [0.15, 0.2) is 0 Å². The Kier molecular flexibility index (Phi) is 4.37. The molecule has 1 aliphatic carbocycles. The molecular weight excluding hydrogens is 258 g/mol. The SMILES string of the molecule is CC(C)(C)NCC1CCCOC1c1cccc(C2CC2)c1. The largest absolute Gasteiger partial charge is 0.373 e. The number of ether oxygens (including phenoxy) is 1. The predicted molar refractivity (Wildman–Crippen MR) is 87.6 cm³/mol. The minimum Gasteiger partial charge on any atom is -0.373 e. The highest BCUT2D eigenvalue weighted by Crippen LogP contribution is 2.42. The topological polar surface area (TPSA) is 21.3 Å². The van der Waals surface area contributed by atoms with Gasteiger partial charge in [-0.15, -0.1) is 0 Å². The minimum absolute atomic E-state index is 0.178. The van der Waals surface area contributed by atoms with E-state index in [0.717, 1.165) is 19.1 Å². The fourth-order valence-electron chi connectivity index (χ4n) is 3.26. The minimum atomic E-state index is 0.178. The van der Waals surface area contributed by atoms with Crippen LogP contribution in [0.5, 0.6) is 0 Å². The van der Waals surface area contributed by atoms with Gasteiger partial charge < -0.3 is 10.1 Å². The molecular formula is C19H29NO. The van der Waals surface area contributed by atoms with Crippen molar-refractivity contribution in [2.45, 2.75) is 64.0 Å². The molecule has 1 aliphatic heterocycles. The lowest BCUT2D eigenvalue weighted by atomic mass is 9.88. The Bertz CT molecular complexity index is 473. The molecule has 2 heteroatoms. The summed E-state index contributed by atoms with van der Waals surface area (Å²) in [6, 6.07) is 9.16. The molecule has 1 saturated heterocycles. The Morgan fingerprint density at radius 1 is 1.14 bits per heavy atom. The Labute approximate surface area is 129 Å². The first-order chi connectivity index (χ1) is 10.0. The lowest BCUT2D eigenvalue weighted by Gasteiger charge is -2.34. The van der Waals surface area contributed by atoms with Crippen LogP contribution in [0.4, 0.5) is 0 Å². The second-order valence-electron chi connectivity index (χ2n) is 7.77. The summed E-state index contributed by atoms with van der Waals surface area (Å²) in [6.45, 7) is 8.66. The van der Waals surface area contributed by atoms with Crippen LogP contribution in [0, 0.1) is 5.92 Å². The second kappa shape index (κ2) is 6.10. The zero-order valence-corrected chi connectivity index (χ0v) is 13.7. The fourth-order valence-corrected chi connectivity index (χ4v) is 3.26. The van der Waals surface area contributed by atoms with Gasteiger partial charge in [0.1, 0.15) is 0 Å². The third-order valence-electron chi connectivity index (χ3n) is 4.63. The van der Waals surface area contributed by atoms with Crippen LogP contribution in [-0.2, 0) is 4.74 Å². The van der Waals surface area contributed by atoms with Gasteiger partial charge in [-0.25, -0.2) is 0 Å². The van der Waals surface area contributed by atoms with E-state index in [2.05, 4.69) is 50.4 Å². The lowest BCUT2D eigenvalue weighted by molar-refractivity contribution is -0.0293. The molecule has 2 aliphatic rings. The van der Waals surface area contributed by atoms with Gasteiger partial charge in [-0.1, -0.05) is 24.3 Å². The maximum atomic E-state index is 6.16. The van der Waals surface area contributed by atoms with Gasteiger partial charge in [0.2, 0.25) is 0 Å². The van der Waals surface area contributed by atoms with Gasteiger partial charge in [0, 0.05) is 24.6 Å². The van der Waals surface area contributed by atoms with Crippen LogP contribution in [0.2, 0.25) is 0 Å². The summed E-state index contributed by atoms with van der Waals surface area (Å²) in [5, 5.41) is 3.66. The van der Waals surface area contributed by atoms with E-state index >= 15 is 0 Å². The highest BCUT2D eigenvalue weighted by atomic mass is 16.5. The van der Waals surface area contributed by atoms with Crippen molar-refractivity contribution in [3.8, 4) is 0 Å². The number of rotatable bonds is 4. The van der Waals surface area contributed by atoms with Crippen LogP contribution in [0.1, 0.15) is 69.6 Å². The second-order valence-corrected chi connectivity index (χ2v) is 7.77. The first kappa shape index (κ1) is 15.1. The molecule has 0 bridgehead atoms. The van der Waals surface area contributed by atoms with E-state index in [9.17, 15) is 0 Å². The van der Waals surface area contributed by atoms with E-state index in [1.807, 2.05) is 0 Å². The summed E-state index contributed by atoms with van der Waals surface area (Å²) in [4.78, 5) is 0. The van der Waals surface area contributed by atoms with Crippen LogP contribution in [0.3, 0.4) is 0 Å². The van der Waals surface area contributed by atoms with Crippen molar-refractivity contribution in [1.82, 2.24) is 5.32 Å². The van der Waals surface area contributed by atoms with Gasteiger partial charge in [0.25, 0.3) is 0 Å². The van der Waals surface area contributed by atoms with Crippen LogP contribution < -0.4 is 5.32 Å². The quantitative estimate of drug-likeness (QED) is 0.885. The first-order valence-electron chi connectivity index (χ1n) is 8.49. The van der Waals surface area contributed by atoms with Crippen LogP contribution in [0.15, 0.2) is 24.3 Å². The van der Waals surface area contributed by atoms with Crippen molar-refractivity contribution in [2.75, 3.05) is 13.2 Å². The van der Waals surface area contributed by atoms with Gasteiger partial charge in [0.05, 0.1) is 6.10 Å². The molecule has 1 saturated carbocycles. The zero-order chi connectivity index (χ0) is 14.9. The van der Waals surface area contributed by atoms with E-state index in [1.54, 1.807) is 0 Å². The first-order valence-corrected chi connectivity index (χ1v) is 8.49. The number of benzene rings is 1. The summed E-state index contributed by atoms with van der Waals surface area (Å²) in [6.07, 6.45) is 5.46. The van der Waals surface area contributed by atoms with Crippen molar-refractivity contribution in [2.24, 2.45) is 5.92 Å². The molecule has 21 heavy (non-hydrogen) atoms. The average Bonchev–Trinajstić information content (AvgIpc) is 3.29. The average molecular weight is 287 g/mol. The maximum absolute atomic E-state index is 6.16. The number of hydrogen-bond donors (Lipinski definition) is 1. The van der Waals surface area contributed by atoms with Crippen LogP contribution in [-0.4, -0.2) is 18.7 Å². The van der Waals surface area contributed by atoms with Crippen molar-refractivity contribution < 1.29 is 4.74 Å². The Morgan fingerprint density at radius 2 is 1.90 bits per heavy atom. The van der Waals surface area contributed by atoms with Gasteiger partial charge in [-0.05, 0) is 63.5 Å². The summed E-state index contributed by atoms with van der Waals surface area (Å²) < 4.78 is 6.16. The third-order valence-corrected chi connectivity index (χ3v) is 4.63. The lowest BCUT2D eigenvalue weighted by Crippen LogP contribution is -2.41. The molecule has 2 fully saturated rings. The molecule has 0 amide bonds. The Morgan fingerprint density at radius 3 is 2.62 bits per heavy atom. The number of nitrogens with one attached hydrogen (secondary N) is 1. The molecule has 0 spiro atoms. The molecule has 116 valence electrons. The van der Waals surface area contributed by atoms with Gasteiger partial charge >= 0.3 is 0 Å². The zero-order valence-electron chi connectivity index (χ0n) is 13.7. The highest BCUT2D eigenvalue weighted by molar-refractivity contribution is 5.31. The van der Waals surface area contributed by atoms with E-state index < -0.39 is 0 Å². The van der Waals surface area contributed by atoms with E-state index in [4.69, 9.17) is 4.74 Å². The van der Waals surface area contributed by atoms with Gasteiger partial charge in [-0.3, -0.25) is 0 Å². The molecule has 2 nitrogen and oxygen atoms in total. The number of hydrogen-bond acceptors (Lipinski definition) is 2. The van der Waals surface area contributed by atoms with E-state index in [1.165, 1.54) is 36.8 Å². The molecule has 1 N–H and O–H groups in total. The summed E-state index contributed by atoms with van der Waals surface area (Å²) in [5.41, 5.74) is 3.08. The third kappa shape index (κ3) is 4.08. The smallest absolute Gasteiger partial charge is 0.0865 e. The summed E-state index contributed by atoms with van der Waals surface area (Å²) in [5.74, 6) is 1.41. The van der Waals surface area contributed by atoms with Crippen molar-refractivity contribution in [3.63, 3.8) is 0 Å². The van der Waals surface area contributed by atoms with Gasteiger partial charge in [-0.2, -0.15) is 0 Å². The van der Waals surface area contributed by atoms with E-state index in [0.29, 0.717) is 5.92 Å². The summed E-state index contributed by atoms with van der Waals surface area (Å²) in [7, 11) is 0. The van der Waals surface area contributed by atoms with Crippen molar-refractivity contribution in [1.29, 1.82) is 0 Å². The van der Waals surface area contributed by atoms with Crippen LogP contribution in [0.25, 0.3) is 0 Å². The maximum Gasteiger partial charge on any atom is 0.0865 e. The monoisotopic (exact) mass is 287 g/mol. The Balaban J connectivity index is 1.72. The summed E-state index contributed by atoms with van der Waals surface area (Å²) >= 11 is 0. The standard InChI is InChI=1S/C19H29NO/c1-19(2,3)20-13-17-8-5-11-21-18(17)16-7-4-6-15(12-16)14-9-10-14/h4,6-7,12,14,17-18,20H,5,8-11,13H2,1-3H3.